The number of halogens is 2. The van der Waals surface area contributed by atoms with Crippen molar-refractivity contribution >= 4 is 13.6 Å². The van der Waals surface area contributed by atoms with Crippen LogP contribution in [0.3, 0.4) is 0 Å². The van der Waals surface area contributed by atoms with E-state index in [1.807, 2.05) is 6.08 Å². The average molecular weight is 325 g/mol. The summed E-state index contributed by atoms with van der Waals surface area (Å²) in [4.78, 5) is 0. The van der Waals surface area contributed by atoms with E-state index in [2.05, 4.69) is 26.3 Å². The number of unbranched alkanes of at least 4 members (excludes halogenated alkanes) is 1. The second-order valence-electron chi connectivity index (χ2n) is 2.64. The van der Waals surface area contributed by atoms with Crippen LogP contribution in [-0.4, -0.2) is 6.61 Å². The molecule has 0 spiro atoms. The van der Waals surface area contributed by atoms with Crippen LogP contribution in [0.15, 0.2) is 30.9 Å². The van der Waals surface area contributed by atoms with E-state index in [1.165, 1.54) is 22.4 Å². The zero-order chi connectivity index (χ0) is 11.5. The first-order valence-corrected chi connectivity index (χ1v) is 11.5. The molecule has 0 radical (unpaired) electrons. The van der Waals surface area contributed by atoms with E-state index < -0.39 is 0 Å². The average Bonchev–Trinajstić information content (AvgIpc) is 2.29. The van der Waals surface area contributed by atoms with Crippen LogP contribution in [0.4, 0.5) is 4.39 Å². The molecule has 0 unspecified atom stereocenters. The molecule has 0 aromatic heterocycles. The Morgan fingerprint density at radius 1 is 1.60 bits per heavy atom. The molecule has 0 heterocycles. The molecule has 0 atom stereocenters. The standard InChI is InChI=1S/C11H12FO.BrH.Zn/c1-2-3-6-9-13-11-8-5-4-7-10(11)12;;/h2,5,7-8H,1,3,6,9H2;1H;/q-1;;+2/p-1. The molecule has 0 bridgehead atoms. The minimum atomic E-state index is -0.360. The molecule has 0 aliphatic carbocycles. The number of rotatable bonds is 5. The maximum absolute atomic E-state index is 12.9. The molecular formula is C11H12BrFOZn. The summed E-state index contributed by atoms with van der Waals surface area (Å²) in [6, 6.07) is 7.10. The van der Waals surface area contributed by atoms with Gasteiger partial charge in [0, 0.05) is 11.6 Å². The molecule has 4 heteroatoms. The van der Waals surface area contributed by atoms with Gasteiger partial charge in [-0.2, -0.15) is 12.1 Å². The first kappa shape index (κ1) is 14.8. The Hall–Kier alpha value is -0.207. The summed E-state index contributed by atoms with van der Waals surface area (Å²) >= 11 is 4.25. The third kappa shape index (κ3) is 6.80. The van der Waals surface area contributed by atoms with Crippen molar-refractivity contribution in [3.05, 3.63) is 42.7 Å². The van der Waals surface area contributed by atoms with Crippen LogP contribution in [0.2, 0.25) is 0 Å². The maximum atomic E-state index is 12.9. The molecule has 78 valence electrons. The minimum absolute atomic E-state index is 0.294. The van der Waals surface area contributed by atoms with Gasteiger partial charge in [0.25, 0.3) is 0 Å². The van der Waals surface area contributed by atoms with Gasteiger partial charge in [-0.1, -0.05) is 6.08 Å². The fourth-order valence-corrected chi connectivity index (χ4v) is 0.923. The van der Waals surface area contributed by atoms with E-state index in [-0.39, 0.29) is 5.82 Å². The number of ether oxygens (including phenoxy) is 1. The van der Waals surface area contributed by atoms with Gasteiger partial charge in [0.05, 0.1) is 6.61 Å². The van der Waals surface area contributed by atoms with Crippen LogP contribution in [0.5, 0.6) is 5.75 Å². The van der Waals surface area contributed by atoms with E-state index in [4.69, 9.17) is 4.74 Å². The van der Waals surface area contributed by atoms with Crippen LogP contribution >= 0.6 is 13.6 Å². The van der Waals surface area contributed by atoms with Gasteiger partial charge in [-0.3, -0.25) is 4.39 Å². The first-order valence-electron chi connectivity index (χ1n) is 4.50. The molecule has 1 nitrogen and oxygen atoms in total. The van der Waals surface area contributed by atoms with Gasteiger partial charge in [0.1, 0.15) is 0 Å². The van der Waals surface area contributed by atoms with Crippen molar-refractivity contribution in [3.8, 4) is 5.75 Å². The predicted octanol–water partition coefficient (Wildman–Crippen LogP) is 3.81. The molecule has 1 aromatic rings. The molecule has 0 saturated carbocycles. The van der Waals surface area contributed by atoms with E-state index >= 15 is 0 Å². The number of benzene rings is 1. The Bertz CT molecular complexity index is 281. The fraction of sp³-hybridized carbons (Fsp3) is 0.273. The summed E-state index contributed by atoms with van der Waals surface area (Å²) in [6.07, 6.45) is 3.57. The molecule has 0 aliphatic heterocycles. The van der Waals surface area contributed by atoms with Gasteiger partial charge in [0.2, 0.25) is 0 Å². The van der Waals surface area contributed by atoms with Crippen LogP contribution in [-0.2, 0) is 16.3 Å². The van der Waals surface area contributed by atoms with Crippen molar-refractivity contribution in [1.82, 2.24) is 0 Å². The Kier molecular flexibility index (Phi) is 10.2. The van der Waals surface area contributed by atoms with Crippen molar-refractivity contribution in [2.24, 2.45) is 0 Å². The third-order valence-corrected chi connectivity index (χ3v) is 1.59. The predicted molar refractivity (Wildman–Crippen MR) is 59.1 cm³/mol. The quantitative estimate of drug-likeness (QED) is 0.346. The van der Waals surface area contributed by atoms with Gasteiger partial charge in [0.15, 0.2) is 0 Å². The summed E-state index contributed by atoms with van der Waals surface area (Å²) in [5.41, 5.74) is 0. The van der Waals surface area contributed by atoms with Crippen LogP contribution in [0.25, 0.3) is 0 Å². The van der Waals surface area contributed by atoms with E-state index in [1.54, 1.807) is 12.1 Å². The van der Waals surface area contributed by atoms with Crippen molar-refractivity contribution in [2.45, 2.75) is 12.8 Å². The molecule has 0 aliphatic rings. The van der Waals surface area contributed by atoms with Gasteiger partial charge in [-0.25, -0.2) is 0 Å². The van der Waals surface area contributed by atoms with Crippen molar-refractivity contribution in [2.75, 3.05) is 6.61 Å². The molecule has 0 N–H and O–H groups in total. The molecule has 15 heavy (non-hydrogen) atoms. The summed E-state index contributed by atoms with van der Waals surface area (Å²) < 4.78 is 18.1. The van der Waals surface area contributed by atoms with Crippen LogP contribution in [0, 0.1) is 11.9 Å². The second kappa shape index (κ2) is 10.3. The van der Waals surface area contributed by atoms with Crippen LogP contribution < -0.4 is 4.74 Å². The molecular weight excluding hydrogens is 312 g/mol. The zero-order valence-corrected chi connectivity index (χ0v) is 13.1. The monoisotopic (exact) mass is 322 g/mol. The zero-order valence-electron chi connectivity index (χ0n) is 8.51. The second-order valence-corrected chi connectivity index (χ2v) is 2.64. The molecule has 0 saturated heterocycles. The molecule has 1 rings (SSSR count). The molecule has 0 amide bonds. The van der Waals surface area contributed by atoms with Crippen molar-refractivity contribution in [1.29, 1.82) is 0 Å². The van der Waals surface area contributed by atoms with Crippen LogP contribution in [0.1, 0.15) is 12.8 Å². The topological polar surface area (TPSA) is 9.23 Å². The Morgan fingerprint density at radius 2 is 2.33 bits per heavy atom. The molecule has 1 aromatic carbocycles. The van der Waals surface area contributed by atoms with Gasteiger partial charge in [-0.05, 0) is 12.8 Å². The summed E-state index contributed by atoms with van der Waals surface area (Å²) in [5, 5.41) is 0. The summed E-state index contributed by atoms with van der Waals surface area (Å²) in [6.45, 7) is 4.11. The Balaban J connectivity index is 0.000000921. The fourth-order valence-electron chi connectivity index (χ4n) is 0.923. The number of hydrogen-bond donors (Lipinski definition) is 0. The van der Waals surface area contributed by atoms with Gasteiger partial charge in [-0.15, -0.1) is 18.7 Å². The SMILES string of the molecule is C=CCCCOc1cc[c-]cc1F.[Zn+][Br]. The Morgan fingerprint density at radius 3 is 2.93 bits per heavy atom. The summed E-state index contributed by atoms with van der Waals surface area (Å²) in [7, 11) is 0. The normalized spacial score (nSPS) is 8.80. The molecule has 0 fully saturated rings. The third-order valence-electron chi connectivity index (χ3n) is 1.59. The summed E-state index contributed by atoms with van der Waals surface area (Å²) in [5.74, 6) is -0.0658. The number of allylic oxidation sites excluding steroid dienone is 1. The first-order chi connectivity index (χ1) is 7.34. The number of hydrogen-bond acceptors (Lipinski definition) is 1. The van der Waals surface area contributed by atoms with Crippen molar-refractivity contribution in [3.63, 3.8) is 0 Å². The van der Waals surface area contributed by atoms with Crippen molar-refractivity contribution < 1.29 is 25.5 Å². The van der Waals surface area contributed by atoms with E-state index in [9.17, 15) is 4.39 Å². The van der Waals surface area contributed by atoms with Gasteiger partial charge < -0.3 is 4.74 Å². The van der Waals surface area contributed by atoms with E-state index in [0.717, 1.165) is 12.8 Å². The Labute approximate surface area is 107 Å². The van der Waals surface area contributed by atoms with E-state index in [0.29, 0.717) is 12.4 Å². The van der Waals surface area contributed by atoms with Gasteiger partial charge >= 0.3 is 30.0 Å².